The summed E-state index contributed by atoms with van der Waals surface area (Å²) in [6, 6.07) is 0.679. The Bertz CT molecular complexity index is 239. The van der Waals surface area contributed by atoms with Crippen molar-refractivity contribution in [3.63, 3.8) is 0 Å². The summed E-state index contributed by atoms with van der Waals surface area (Å²) >= 11 is 0. The summed E-state index contributed by atoms with van der Waals surface area (Å²) < 4.78 is 0. The Balaban J connectivity index is 1.99. The molecule has 0 aliphatic heterocycles. The molecule has 0 unspecified atom stereocenters. The molecule has 2 aliphatic carbocycles. The second-order valence-electron chi connectivity index (χ2n) is 6.19. The summed E-state index contributed by atoms with van der Waals surface area (Å²) in [5.74, 6) is 0.911. The van der Waals surface area contributed by atoms with Gasteiger partial charge in [-0.25, -0.2) is 0 Å². The van der Waals surface area contributed by atoms with Crippen molar-refractivity contribution >= 4 is 0 Å². The zero-order chi connectivity index (χ0) is 11.1. The van der Waals surface area contributed by atoms with Gasteiger partial charge >= 0.3 is 0 Å². The highest BCUT2D eigenvalue weighted by Gasteiger charge is 2.60. The van der Waals surface area contributed by atoms with Crippen LogP contribution in [0.15, 0.2) is 0 Å². The van der Waals surface area contributed by atoms with E-state index in [9.17, 15) is 0 Å². The molecule has 15 heavy (non-hydrogen) atoms. The van der Waals surface area contributed by atoms with E-state index < -0.39 is 0 Å². The Labute approximate surface area is 93.5 Å². The first-order chi connectivity index (χ1) is 7.02. The van der Waals surface area contributed by atoms with Gasteiger partial charge in [-0.2, -0.15) is 0 Å². The molecule has 0 amide bonds. The van der Waals surface area contributed by atoms with E-state index in [1.54, 1.807) is 0 Å². The van der Waals surface area contributed by atoms with Crippen LogP contribution in [-0.4, -0.2) is 24.3 Å². The zero-order valence-corrected chi connectivity index (χ0v) is 10.3. The van der Waals surface area contributed by atoms with Gasteiger partial charge in [0.2, 0.25) is 0 Å². The maximum absolute atomic E-state index is 8.80. The Hall–Kier alpha value is -0.0800. The zero-order valence-electron chi connectivity index (χ0n) is 10.3. The minimum absolute atomic E-state index is 0.309. The van der Waals surface area contributed by atoms with Crippen LogP contribution in [0.5, 0.6) is 0 Å². The minimum Gasteiger partial charge on any atom is -0.396 e. The van der Waals surface area contributed by atoms with Crippen molar-refractivity contribution in [1.82, 2.24) is 5.32 Å². The predicted octanol–water partition coefficient (Wildman–Crippen LogP) is 2.17. The molecule has 3 atom stereocenters. The topological polar surface area (TPSA) is 32.3 Å². The molecule has 2 N–H and O–H groups in total. The fraction of sp³-hybridized carbons (Fsp3) is 1.00. The maximum Gasteiger partial charge on any atom is 0.0443 e. The third-order valence-corrected chi connectivity index (χ3v) is 5.52. The van der Waals surface area contributed by atoms with Crippen LogP contribution in [0.1, 0.15) is 46.5 Å². The average molecular weight is 211 g/mol. The van der Waals surface area contributed by atoms with Gasteiger partial charge in [0.05, 0.1) is 0 Å². The van der Waals surface area contributed by atoms with Crippen LogP contribution >= 0.6 is 0 Å². The molecule has 0 aromatic heterocycles. The summed E-state index contributed by atoms with van der Waals surface area (Å²) in [5.41, 5.74) is 0.983. The largest absolute Gasteiger partial charge is 0.396 e. The maximum atomic E-state index is 8.80. The molecule has 2 bridgehead atoms. The smallest absolute Gasteiger partial charge is 0.0443 e. The number of aliphatic hydroxyl groups excluding tert-OH is 1. The van der Waals surface area contributed by atoms with Crippen molar-refractivity contribution in [3.05, 3.63) is 0 Å². The first kappa shape index (κ1) is 11.4. The molecule has 2 rings (SSSR count). The lowest BCUT2D eigenvalue weighted by molar-refractivity contribution is 0.120. The molecule has 0 spiro atoms. The molecule has 0 saturated heterocycles. The summed E-state index contributed by atoms with van der Waals surface area (Å²) in [5, 5.41) is 12.4. The third-order valence-electron chi connectivity index (χ3n) is 5.52. The number of hydrogen-bond donors (Lipinski definition) is 2. The number of rotatable bonds is 4. The standard InChI is InChI=1S/C13H25NO/c1-12(2)10-5-6-13(12,3)11(9-10)14-7-4-8-15/h10-11,14-15H,4-9H2,1-3H3/t10-,11-,13-/m1/s1. The molecule has 0 radical (unpaired) electrons. The number of hydrogen-bond acceptors (Lipinski definition) is 2. The average Bonchev–Trinajstić information content (AvgIpc) is 2.51. The molecule has 0 aromatic rings. The Kier molecular flexibility index (Phi) is 2.85. The molecule has 2 fully saturated rings. The van der Waals surface area contributed by atoms with Gasteiger partial charge < -0.3 is 10.4 Å². The van der Waals surface area contributed by atoms with Crippen molar-refractivity contribution < 1.29 is 5.11 Å². The van der Waals surface area contributed by atoms with Crippen LogP contribution in [0, 0.1) is 16.7 Å². The van der Waals surface area contributed by atoms with Crippen LogP contribution in [0.4, 0.5) is 0 Å². The van der Waals surface area contributed by atoms with Gasteiger partial charge in [0, 0.05) is 12.6 Å². The van der Waals surface area contributed by atoms with Crippen LogP contribution in [0.3, 0.4) is 0 Å². The Morgan fingerprint density at radius 3 is 2.53 bits per heavy atom. The van der Waals surface area contributed by atoms with E-state index in [2.05, 4.69) is 26.1 Å². The first-order valence-corrected chi connectivity index (χ1v) is 6.36. The van der Waals surface area contributed by atoms with Gasteiger partial charge in [-0.3, -0.25) is 0 Å². The molecule has 2 nitrogen and oxygen atoms in total. The second-order valence-corrected chi connectivity index (χ2v) is 6.19. The highest BCUT2D eigenvalue weighted by molar-refractivity contribution is 5.12. The van der Waals surface area contributed by atoms with E-state index in [1.807, 2.05) is 0 Å². The summed E-state index contributed by atoms with van der Waals surface area (Å²) in [6.07, 6.45) is 5.02. The highest BCUT2D eigenvalue weighted by atomic mass is 16.3. The number of aliphatic hydroxyl groups is 1. The fourth-order valence-electron chi connectivity index (χ4n) is 3.87. The van der Waals surface area contributed by atoms with Gasteiger partial charge in [-0.1, -0.05) is 20.8 Å². The van der Waals surface area contributed by atoms with E-state index in [0.717, 1.165) is 18.9 Å². The fourth-order valence-corrected chi connectivity index (χ4v) is 3.87. The normalized spacial score (nSPS) is 42.4. The van der Waals surface area contributed by atoms with E-state index in [1.165, 1.54) is 19.3 Å². The number of fused-ring (bicyclic) bond motifs is 2. The van der Waals surface area contributed by atoms with Crippen molar-refractivity contribution in [2.75, 3.05) is 13.2 Å². The van der Waals surface area contributed by atoms with Crippen molar-refractivity contribution in [2.45, 2.75) is 52.5 Å². The summed E-state index contributed by atoms with van der Waals surface area (Å²) in [6.45, 7) is 8.62. The lowest BCUT2D eigenvalue weighted by Gasteiger charge is -2.39. The van der Waals surface area contributed by atoms with Gasteiger partial charge in [-0.15, -0.1) is 0 Å². The van der Waals surface area contributed by atoms with E-state index in [-0.39, 0.29) is 0 Å². The van der Waals surface area contributed by atoms with E-state index in [4.69, 9.17) is 5.11 Å². The summed E-state index contributed by atoms with van der Waals surface area (Å²) in [4.78, 5) is 0. The molecule has 0 heterocycles. The number of nitrogens with one attached hydrogen (secondary N) is 1. The molecule has 88 valence electrons. The lowest BCUT2D eigenvalue weighted by Crippen LogP contribution is -2.44. The Morgan fingerprint density at radius 2 is 2.07 bits per heavy atom. The SMILES string of the molecule is CC1(C)[C@@H]2CC[C@]1(C)[C@H](NCCCO)C2. The highest BCUT2D eigenvalue weighted by Crippen LogP contribution is 2.65. The molecular formula is C13H25NO. The van der Waals surface area contributed by atoms with Crippen LogP contribution in [0.2, 0.25) is 0 Å². The van der Waals surface area contributed by atoms with Gasteiger partial charge in [0.15, 0.2) is 0 Å². The van der Waals surface area contributed by atoms with Crippen LogP contribution in [0.25, 0.3) is 0 Å². The first-order valence-electron chi connectivity index (χ1n) is 6.36. The van der Waals surface area contributed by atoms with E-state index in [0.29, 0.717) is 23.5 Å². The molecule has 2 saturated carbocycles. The molecule has 2 heteroatoms. The molecular weight excluding hydrogens is 186 g/mol. The summed E-state index contributed by atoms with van der Waals surface area (Å²) in [7, 11) is 0. The van der Waals surface area contributed by atoms with Gasteiger partial charge in [-0.05, 0) is 49.0 Å². The van der Waals surface area contributed by atoms with Crippen LogP contribution < -0.4 is 5.32 Å². The second kappa shape index (κ2) is 3.74. The van der Waals surface area contributed by atoms with Gasteiger partial charge in [0.25, 0.3) is 0 Å². The van der Waals surface area contributed by atoms with Crippen molar-refractivity contribution in [2.24, 2.45) is 16.7 Å². The third kappa shape index (κ3) is 1.53. The quantitative estimate of drug-likeness (QED) is 0.699. The van der Waals surface area contributed by atoms with Crippen LogP contribution in [-0.2, 0) is 0 Å². The Morgan fingerprint density at radius 1 is 1.33 bits per heavy atom. The van der Waals surface area contributed by atoms with Crippen molar-refractivity contribution in [3.8, 4) is 0 Å². The minimum atomic E-state index is 0.309. The monoisotopic (exact) mass is 211 g/mol. The molecule has 0 aromatic carbocycles. The molecule has 2 aliphatic rings. The van der Waals surface area contributed by atoms with Gasteiger partial charge in [0.1, 0.15) is 0 Å². The van der Waals surface area contributed by atoms with Crippen molar-refractivity contribution in [1.29, 1.82) is 0 Å². The lowest BCUT2D eigenvalue weighted by atomic mass is 9.69. The van der Waals surface area contributed by atoms with E-state index >= 15 is 0 Å². The predicted molar refractivity (Wildman–Crippen MR) is 62.7 cm³/mol.